The van der Waals surface area contributed by atoms with E-state index in [-0.39, 0.29) is 0 Å². The summed E-state index contributed by atoms with van der Waals surface area (Å²) in [5.74, 6) is 1.00. The molecule has 0 unspecified atom stereocenters. The number of hydrogen-bond acceptors (Lipinski definition) is 3. The zero-order chi connectivity index (χ0) is 13.2. The summed E-state index contributed by atoms with van der Waals surface area (Å²) in [5, 5.41) is 4.70. The molecule has 2 aromatic rings. The van der Waals surface area contributed by atoms with Gasteiger partial charge in [0.25, 0.3) is 0 Å². The van der Waals surface area contributed by atoms with E-state index in [9.17, 15) is 0 Å². The van der Waals surface area contributed by atoms with Crippen molar-refractivity contribution >= 4 is 0 Å². The minimum Gasteiger partial charge on any atom is -0.241 e. The van der Waals surface area contributed by atoms with Crippen LogP contribution in [0.15, 0.2) is 12.4 Å². The maximum Gasteiger partial charge on any atom is 0.160 e. The molecular formula is C15H20N4. The molecule has 100 valence electrons. The third-order valence-electron chi connectivity index (χ3n) is 3.86. The number of fused-ring (bicyclic) bond motifs is 1. The zero-order valence-electron chi connectivity index (χ0n) is 11.7. The van der Waals surface area contributed by atoms with Crippen LogP contribution in [-0.4, -0.2) is 19.7 Å². The number of rotatable bonds is 3. The summed E-state index contributed by atoms with van der Waals surface area (Å²) >= 11 is 0. The first-order chi connectivity index (χ1) is 9.33. The van der Waals surface area contributed by atoms with Gasteiger partial charge in [-0.2, -0.15) is 5.10 Å². The molecule has 2 heterocycles. The zero-order valence-corrected chi connectivity index (χ0v) is 11.7. The van der Waals surface area contributed by atoms with Gasteiger partial charge in [-0.05, 0) is 44.6 Å². The topological polar surface area (TPSA) is 43.6 Å². The maximum absolute atomic E-state index is 4.70. The Morgan fingerprint density at radius 1 is 1.11 bits per heavy atom. The lowest BCUT2D eigenvalue weighted by Crippen LogP contribution is -2.14. The smallest absolute Gasteiger partial charge is 0.160 e. The molecule has 0 bridgehead atoms. The molecule has 0 aliphatic heterocycles. The fraction of sp³-hybridized carbons (Fsp3) is 0.533. The first kappa shape index (κ1) is 12.3. The molecular weight excluding hydrogens is 236 g/mol. The van der Waals surface area contributed by atoms with Crippen LogP contribution in [0.2, 0.25) is 0 Å². The van der Waals surface area contributed by atoms with Crippen molar-refractivity contribution in [3.8, 4) is 5.82 Å². The predicted octanol–water partition coefficient (Wildman–Crippen LogP) is 2.67. The van der Waals surface area contributed by atoms with Crippen molar-refractivity contribution in [2.24, 2.45) is 0 Å². The SMILES string of the molecule is CCc1cc(CC)n(-c2ncnc3c2CCCC3)n1. The van der Waals surface area contributed by atoms with Gasteiger partial charge in [-0.3, -0.25) is 0 Å². The molecule has 3 rings (SSSR count). The minimum atomic E-state index is 0.966. The lowest BCUT2D eigenvalue weighted by Gasteiger charge is -2.17. The summed E-state index contributed by atoms with van der Waals surface area (Å²) in [6.45, 7) is 4.31. The highest BCUT2D eigenvalue weighted by Crippen LogP contribution is 2.24. The first-order valence-corrected chi connectivity index (χ1v) is 7.24. The van der Waals surface area contributed by atoms with Gasteiger partial charge in [0.05, 0.1) is 5.69 Å². The lowest BCUT2D eigenvalue weighted by atomic mass is 9.96. The highest BCUT2D eigenvalue weighted by Gasteiger charge is 2.18. The van der Waals surface area contributed by atoms with Crippen LogP contribution in [0, 0.1) is 0 Å². The van der Waals surface area contributed by atoms with Crippen molar-refractivity contribution in [2.75, 3.05) is 0 Å². The molecule has 0 aromatic carbocycles. The molecule has 2 aromatic heterocycles. The normalized spacial score (nSPS) is 14.4. The molecule has 4 heteroatoms. The summed E-state index contributed by atoms with van der Waals surface area (Å²) in [4.78, 5) is 8.94. The van der Waals surface area contributed by atoms with Gasteiger partial charge < -0.3 is 0 Å². The molecule has 0 atom stereocenters. The van der Waals surface area contributed by atoms with Crippen molar-refractivity contribution in [3.05, 3.63) is 35.0 Å². The van der Waals surface area contributed by atoms with E-state index >= 15 is 0 Å². The average molecular weight is 256 g/mol. The van der Waals surface area contributed by atoms with Crippen LogP contribution in [0.4, 0.5) is 0 Å². The molecule has 4 nitrogen and oxygen atoms in total. The summed E-state index contributed by atoms with van der Waals surface area (Å²) in [6.07, 6.45) is 8.26. The van der Waals surface area contributed by atoms with Crippen LogP contribution in [-0.2, 0) is 25.7 Å². The van der Waals surface area contributed by atoms with E-state index in [1.807, 2.05) is 4.68 Å². The van der Waals surface area contributed by atoms with E-state index in [0.29, 0.717) is 0 Å². The average Bonchev–Trinajstić information content (AvgIpc) is 2.90. The van der Waals surface area contributed by atoms with Crippen LogP contribution < -0.4 is 0 Å². The van der Waals surface area contributed by atoms with E-state index in [0.717, 1.165) is 37.2 Å². The summed E-state index contributed by atoms with van der Waals surface area (Å²) < 4.78 is 2.03. The third-order valence-corrected chi connectivity index (χ3v) is 3.86. The lowest BCUT2D eigenvalue weighted by molar-refractivity contribution is 0.644. The highest BCUT2D eigenvalue weighted by atomic mass is 15.3. The van der Waals surface area contributed by atoms with Gasteiger partial charge in [0.1, 0.15) is 6.33 Å². The Balaban J connectivity index is 2.13. The van der Waals surface area contributed by atoms with Crippen molar-refractivity contribution in [2.45, 2.75) is 52.4 Å². The molecule has 0 radical (unpaired) electrons. The number of nitrogens with zero attached hydrogens (tertiary/aromatic N) is 4. The number of hydrogen-bond donors (Lipinski definition) is 0. The van der Waals surface area contributed by atoms with Crippen LogP contribution in [0.3, 0.4) is 0 Å². The van der Waals surface area contributed by atoms with Crippen LogP contribution in [0.5, 0.6) is 0 Å². The second-order valence-electron chi connectivity index (χ2n) is 5.08. The van der Waals surface area contributed by atoms with Gasteiger partial charge >= 0.3 is 0 Å². The Morgan fingerprint density at radius 2 is 1.95 bits per heavy atom. The fourth-order valence-corrected chi connectivity index (χ4v) is 2.77. The molecule has 0 N–H and O–H groups in total. The van der Waals surface area contributed by atoms with Crippen molar-refractivity contribution in [3.63, 3.8) is 0 Å². The minimum absolute atomic E-state index is 0.966. The number of aromatic nitrogens is 4. The van der Waals surface area contributed by atoms with E-state index in [2.05, 4.69) is 29.9 Å². The van der Waals surface area contributed by atoms with Crippen molar-refractivity contribution < 1.29 is 0 Å². The Labute approximate surface area is 113 Å². The Hall–Kier alpha value is -1.71. The monoisotopic (exact) mass is 256 g/mol. The molecule has 0 saturated heterocycles. The Kier molecular flexibility index (Phi) is 3.32. The number of aryl methyl sites for hydroxylation is 3. The quantitative estimate of drug-likeness (QED) is 0.848. The van der Waals surface area contributed by atoms with E-state index in [1.165, 1.54) is 29.8 Å². The molecule has 1 aliphatic carbocycles. The van der Waals surface area contributed by atoms with E-state index in [4.69, 9.17) is 5.10 Å². The van der Waals surface area contributed by atoms with Gasteiger partial charge in [0.2, 0.25) is 0 Å². The summed E-state index contributed by atoms with van der Waals surface area (Å²) in [5.41, 5.74) is 4.89. The van der Waals surface area contributed by atoms with Gasteiger partial charge in [0.15, 0.2) is 5.82 Å². The largest absolute Gasteiger partial charge is 0.241 e. The van der Waals surface area contributed by atoms with Gasteiger partial charge in [-0.15, -0.1) is 0 Å². The summed E-state index contributed by atoms with van der Waals surface area (Å²) in [6, 6.07) is 2.19. The standard InChI is InChI=1S/C15H20N4/c1-3-11-9-12(4-2)19(18-11)15-13-7-5-6-8-14(13)16-10-17-15/h9-10H,3-8H2,1-2H3. The van der Waals surface area contributed by atoms with Crippen LogP contribution in [0.1, 0.15) is 49.3 Å². The predicted molar refractivity (Wildman–Crippen MR) is 74.6 cm³/mol. The van der Waals surface area contributed by atoms with Crippen LogP contribution in [0.25, 0.3) is 5.82 Å². The van der Waals surface area contributed by atoms with Gasteiger partial charge in [0, 0.05) is 17.0 Å². The molecule has 0 saturated carbocycles. The highest BCUT2D eigenvalue weighted by molar-refractivity contribution is 5.39. The van der Waals surface area contributed by atoms with Gasteiger partial charge in [-0.1, -0.05) is 13.8 Å². The molecule has 1 aliphatic rings. The van der Waals surface area contributed by atoms with Crippen molar-refractivity contribution in [1.82, 2.24) is 19.7 Å². The molecule has 0 amide bonds. The van der Waals surface area contributed by atoms with Crippen LogP contribution >= 0.6 is 0 Å². The second kappa shape index (κ2) is 5.11. The second-order valence-corrected chi connectivity index (χ2v) is 5.08. The Morgan fingerprint density at radius 3 is 2.74 bits per heavy atom. The van der Waals surface area contributed by atoms with E-state index < -0.39 is 0 Å². The maximum atomic E-state index is 4.70. The fourth-order valence-electron chi connectivity index (χ4n) is 2.77. The Bertz CT molecular complexity index is 586. The summed E-state index contributed by atoms with van der Waals surface area (Å²) in [7, 11) is 0. The van der Waals surface area contributed by atoms with Gasteiger partial charge in [-0.25, -0.2) is 14.6 Å². The van der Waals surface area contributed by atoms with Crippen molar-refractivity contribution in [1.29, 1.82) is 0 Å². The molecule has 0 fully saturated rings. The molecule has 0 spiro atoms. The third kappa shape index (κ3) is 2.15. The first-order valence-electron chi connectivity index (χ1n) is 7.24. The van der Waals surface area contributed by atoms with E-state index in [1.54, 1.807) is 6.33 Å². The molecule has 19 heavy (non-hydrogen) atoms.